The van der Waals surface area contributed by atoms with Gasteiger partial charge in [0.15, 0.2) is 0 Å². The molecule has 0 unspecified atom stereocenters. The van der Waals surface area contributed by atoms with Gasteiger partial charge in [0.2, 0.25) is 0 Å². The number of hydrogen-bond acceptors (Lipinski definition) is 4. The monoisotopic (exact) mass is 447 g/mol. The number of anilines is 1. The lowest BCUT2D eigenvalue weighted by Crippen LogP contribution is -2.49. The molecule has 1 aromatic carbocycles. The number of benzene rings is 1. The van der Waals surface area contributed by atoms with E-state index in [0.29, 0.717) is 50.3 Å². The van der Waals surface area contributed by atoms with Crippen LogP contribution in [-0.2, 0) is 19.5 Å². The van der Waals surface area contributed by atoms with Gasteiger partial charge in [0, 0.05) is 49.8 Å². The maximum absolute atomic E-state index is 13.4. The molecule has 1 fully saturated rings. The third kappa shape index (κ3) is 3.45. The van der Waals surface area contributed by atoms with Crippen molar-refractivity contribution in [1.29, 1.82) is 0 Å². The van der Waals surface area contributed by atoms with Crippen LogP contribution in [0, 0.1) is 11.2 Å². The molecule has 1 aliphatic carbocycles. The van der Waals surface area contributed by atoms with Gasteiger partial charge in [-0.2, -0.15) is 5.10 Å². The van der Waals surface area contributed by atoms with Crippen molar-refractivity contribution in [2.45, 2.75) is 38.5 Å². The van der Waals surface area contributed by atoms with E-state index < -0.39 is 5.82 Å². The summed E-state index contributed by atoms with van der Waals surface area (Å²) >= 11 is 5.80. The Hall–Kier alpha value is -2.65. The van der Waals surface area contributed by atoms with Crippen LogP contribution in [0.5, 0.6) is 0 Å². The lowest BCUT2D eigenvalue weighted by Gasteiger charge is -2.45. The van der Waals surface area contributed by atoms with Crippen molar-refractivity contribution in [3.63, 3.8) is 0 Å². The summed E-state index contributed by atoms with van der Waals surface area (Å²) in [5.41, 5.74) is 2.38. The fourth-order valence-corrected chi connectivity index (χ4v) is 5.23. The summed E-state index contributed by atoms with van der Waals surface area (Å²) < 4.78 is 15.2. The summed E-state index contributed by atoms with van der Waals surface area (Å²) in [6, 6.07) is 3.67. The Kier molecular flexibility index (Phi) is 4.71. The number of aliphatic hydroxyl groups excluding tert-OH is 1. The first-order valence-electron chi connectivity index (χ1n) is 10.3. The van der Waals surface area contributed by atoms with Crippen LogP contribution in [0.4, 0.5) is 14.9 Å². The first-order valence-corrected chi connectivity index (χ1v) is 10.7. The largest absolute Gasteiger partial charge is 0.393 e. The number of nitrogens with zero attached hydrogens (tertiary/aromatic N) is 4. The molecule has 2 aliphatic heterocycles. The number of halogens is 2. The SMILES string of the molecule is CN1CC2(CC(O)C2)Cn2nc3c(c2C1=O)CN(C(=O)Nc1ccc(F)c(Cl)c1)CC3. The first-order chi connectivity index (χ1) is 14.7. The van der Waals surface area contributed by atoms with Gasteiger partial charge >= 0.3 is 6.03 Å². The summed E-state index contributed by atoms with van der Waals surface area (Å²) in [5, 5.41) is 17.2. The van der Waals surface area contributed by atoms with Crippen molar-refractivity contribution < 1.29 is 19.1 Å². The molecule has 1 saturated carbocycles. The zero-order valence-corrected chi connectivity index (χ0v) is 17.8. The van der Waals surface area contributed by atoms with E-state index in [1.807, 2.05) is 0 Å². The minimum atomic E-state index is -0.552. The van der Waals surface area contributed by atoms with Gasteiger partial charge in [-0.15, -0.1) is 0 Å². The smallest absolute Gasteiger partial charge is 0.322 e. The summed E-state index contributed by atoms with van der Waals surface area (Å²) in [7, 11) is 1.77. The molecule has 2 N–H and O–H groups in total. The second-order valence-corrected chi connectivity index (χ2v) is 9.29. The van der Waals surface area contributed by atoms with Gasteiger partial charge in [-0.3, -0.25) is 9.48 Å². The van der Waals surface area contributed by atoms with Crippen LogP contribution >= 0.6 is 11.6 Å². The maximum Gasteiger partial charge on any atom is 0.322 e. The predicted molar refractivity (Wildman–Crippen MR) is 111 cm³/mol. The number of nitrogens with one attached hydrogen (secondary N) is 1. The van der Waals surface area contributed by atoms with E-state index in [2.05, 4.69) is 5.32 Å². The van der Waals surface area contributed by atoms with E-state index in [1.165, 1.54) is 18.2 Å². The molecule has 10 heteroatoms. The van der Waals surface area contributed by atoms with Gasteiger partial charge in [0.25, 0.3) is 5.91 Å². The maximum atomic E-state index is 13.4. The second-order valence-electron chi connectivity index (χ2n) is 8.89. The molecule has 0 atom stereocenters. The van der Waals surface area contributed by atoms with Gasteiger partial charge in [-0.25, -0.2) is 9.18 Å². The van der Waals surface area contributed by atoms with Crippen molar-refractivity contribution in [2.75, 3.05) is 25.5 Å². The standard InChI is InChI=1S/C21H23ClFN5O3/c1-26-10-21(7-13(29)8-21)11-28-18(19(26)30)14-9-27(5-4-17(14)25-28)20(31)24-12-2-3-16(23)15(22)6-12/h2-3,6,13,29H,4-5,7-11H2,1H3,(H,24,31). The van der Waals surface area contributed by atoms with Crippen molar-refractivity contribution in [3.8, 4) is 0 Å². The van der Waals surface area contributed by atoms with E-state index in [0.717, 1.165) is 11.3 Å². The number of hydrogen-bond donors (Lipinski definition) is 2. The molecule has 164 valence electrons. The highest BCUT2D eigenvalue weighted by molar-refractivity contribution is 6.31. The van der Waals surface area contributed by atoms with Crippen molar-refractivity contribution in [3.05, 3.63) is 46.0 Å². The normalized spacial score (nSPS) is 25.0. The Morgan fingerprint density at radius 3 is 2.84 bits per heavy atom. The predicted octanol–water partition coefficient (Wildman–Crippen LogP) is 2.49. The minimum Gasteiger partial charge on any atom is -0.393 e. The van der Waals surface area contributed by atoms with E-state index in [-0.39, 0.29) is 35.0 Å². The number of aliphatic hydroxyl groups is 1. The summed E-state index contributed by atoms with van der Waals surface area (Å²) in [4.78, 5) is 29.3. The summed E-state index contributed by atoms with van der Waals surface area (Å²) in [6.45, 7) is 1.89. The first kappa shape index (κ1) is 20.3. The molecule has 5 rings (SSSR count). The van der Waals surface area contributed by atoms with Crippen LogP contribution in [0.15, 0.2) is 18.2 Å². The highest BCUT2D eigenvalue weighted by Crippen LogP contribution is 2.45. The second kappa shape index (κ2) is 7.20. The van der Waals surface area contributed by atoms with Crippen LogP contribution in [-0.4, -0.2) is 62.9 Å². The molecule has 0 radical (unpaired) electrons. The van der Waals surface area contributed by atoms with Gasteiger partial charge in [0.05, 0.1) is 23.4 Å². The molecule has 3 heterocycles. The summed E-state index contributed by atoms with van der Waals surface area (Å²) in [6.07, 6.45) is 1.53. The number of amides is 3. The molecule has 31 heavy (non-hydrogen) atoms. The highest BCUT2D eigenvalue weighted by atomic mass is 35.5. The lowest BCUT2D eigenvalue weighted by molar-refractivity contribution is -0.0530. The van der Waals surface area contributed by atoms with Crippen LogP contribution in [0.1, 0.15) is 34.6 Å². The molecule has 1 aromatic heterocycles. The third-order valence-corrected chi connectivity index (χ3v) is 6.79. The molecule has 0 saturated heterocycles. The Morgan fingerprint density at radius 2 is 2.13 bits per heavy atom. The highest BCUT2D eigenvalue weighted by Gasteiger charge is 2.48. The Morgan fingerprint density at radius 1 is 1.35 bits per heavy atom. The van der Waals surface area contributed by atoms with Gasteiger partial charge in [-0.1, -0.05) is 11.6 Å². The van der Waals surface area contributed by atoms with E-state index in [4.69, 9.17) is 16.7 Å². The van der Waals surface area contributed by atoms with Gasteiger partial charge < -0.3 is 20.2 Å². The molecular weight excluding hydrogens is 425 g/mol. The van der Waals surface area contributed by atoms with Crippen LogP contribution < -0.4 is 5.32 Å². The van der Waals surface area contributed by atoms with Crippen molar-refractivity contribution in [2.24, 2.45) is 5.41 Å². The van der Waals surface area contributed by atoms with Crippen molar-refractivity contribution in [1.82, 2.24) is 19.6 Å². The Bertz CT molecular complexity index is 1080. The number of aromatic nitrogens is 2. The van der Waals surface area contributed by atoms with Gasteiger partial charge in [-0.05, 0) is 31.0 Å². The molecule has 0 bridgehead atoms. The van der Waals surface area contributed by atoms with Crippen LogP contribution in [0.25, 0.3) is 0 Å². The molecule has 1 spiro atoms. The Balaban J connectivity index is 1.39. The minimum absolute atomic E-state index is 0.0654. The number of carbonyl (C=O) groups excluding carboxylic acids is 2. The average molecular weight is 448 g/mol. The number of urea groups is 1. The molecule has 3 amide bonds. The summed E-state index contributed by atoms with van der Waals surface area (Å²) in [5.74, 6) is -0.663. The van der Waals surface area contributed by atoms with E-state index in [9.17, 15) is 19.1 Å². The zero-order valence-electron chi connectivity index (χ0n) is 17.1. The van der Waals surface area contributed by atoms with Crippen molar-refractivity contribution >= 4 is 29.2 Å². The van der Waals surface area contributed by atoms with Crippen LogP contribution in [0.3, 0.4) is 0 Å². The topological polar surface area (TPSA) is 90.7 Å². The number of carbonyl (C=O) groups is 2. The van der Waals surface area contributed by atoms with Crippen LogP contribution in [0.2, 0.25) is 5.02 Å². The van der Waals surface area contributed by atoms with E-state index >= 15 is 0 Å². The molecule has 3 aliphatic rings. The zero-order chi connectivity index (χ0) is 21.9. The Labute approximate surface area is 183 Å². The molecule has 2 aromatic rings. The third-order valence-electron chi connectivity index (χ3n) is 6.50. The molecular formula is C21H23ClFN5O3. The fourth-order valence-electron chi connectivity index (χ4n) is 5.05. The lowest BCUT2D eigenvalue weighted by atomic mass is 9.66. The average Bonchev–Trinajstić information content (AvgIpc) is 3.00. The molecule has 8 nitrogen and oxygen atoms in total. The quantitative estimate of drug-likeness (QED) is 0.702. The number of rotatable bonds is 1. The number of fused-ring (bicyclic) bond motifs is 3. The van der Waals surface area contributed by atoms with E-state index in [1.54, 1.807) is 21.5 Å². The fraction of sp³-hybridized carbons (Fsp3) is 0.476. The van der Waals surface area contributed by atoms with Gasteiger partial charge in [0.1, 0.15) is 11.5 Å².